The summed E-state index contributed by atoms with van der Waals surface area (Å²) in [4.78, 5) is 0. The number of halogens is 1. The van der Waals surface area contributed by atoms with Crippen LogP contribution in [0.4, 0.5) is 5.69 Å². The largest absolute Gasteiger partial charge is 0.487 e. The van der Waals surface area contributed by atoms with Crippen LogP contribution in [0.2, 0.25) is 0 Å². The zero-order valence-corrected chi connectivity index (χ0v) is 10.6. The second-order valence-electron chi connectivity index (χ2n) is 3.28. The van der Waals surface area contributed by atoms with Gasteiger partial charge in [0.05, 0.1) is 11.1 Å². The molecule has 0 amide bonds. The van der Waals surface area contributed by atoms with Gasteiger partial charge in [0.2, 0.25) is 0 Å². The fourth-order valence-corrected chi connectivity index (χ4v) is 1.64. The Morgan fingerprint density at radius 1 is 1.47 bits per heavy atom. The lowest BCUT2D eigenvalue weighted by Crippen LogP contribution is -2.19. The molecule has 1 unspecified atom stereocenters. The van der Waals surface area contributed by atoms with Gasteiger partial charge < -0.3 is 15.2 Å². The van der Waals surface area contributed by atoms with Gasteiger partial charge in [0.25, 0.3) is 0 Å². The van der Waals surface area contributed by atoms with Crippen LogP contribution < -0.4 is 10.5 Å². The molecule has 3 nitrogen and oxygen atoms in total. The van der Waals surface area contributed by atoms with Crippen molar-refractivity contribution in [2.75, 3.05) is 18.9 Å². The van der Waals surface area contributed by atoms with Crippen LogP contribution in [0.5, 0.6) is 5.75 Å². The summed E-state index contributed by atoms with van der Waals surface area (Å²) in [5.74, 6) is 0.788. The van der Waals surface area contributed by atoms with E-state index in [0.717, 1.165) is 10.2 Å². The minimum Gasteiger partial charge on any atom is -0.487 e. The lowest BCUT2D eigenvalue weighted by molar-refractivity contribution is 0.0653. The molecule has 15 heavy (non-hydrogen) atoms. The van der Waals surface area contributed by atoms with Crippen LogP contribution in [0.25, 0.3) is 0 Å². The van der Waals surface area contributed by atoms with E-state index < -0.39 is 0 Å². The highest BCUT2D eigenvalue weighted by Gasteiger charge is 2.07. The molecule has 0 fully saturated rings. The van der Waals surface area contributed by atoms with Crippen LogP contribution in [0, 0.1) is 0 Å². The number of ether oxygens (including phenoxy) is 2. The second-order valence-corrected chi connectivity index (χ2v) is 4.13. The molecule has 0 bridgehead atoms. The molecule has 0 aliphatic heterocycles. The summed E-state index contributed by atoms with van der Waals surface area (Å²) >= 11 is 3.40. The van der Waals surface area contributed by atoms with Crippen molar-refractivity contribution in [2.24, 2.45) is 0 Å². The highest BCUT2D eigenvalue weighted by molar-refractivity contribution is 9.10. The minimum atomic E-state index is 0.0323. The number of nitrogens with two attached hydrogens (primary N) is 1. The van der Waals surface area contributed by atoms with Crippen molar-refractivity contribution in [2.45, 2.75) is 20.0 Å². The zero-order chi connectivity index (χ0) is 11.3. The number of nitrogen functional groups attached to an aromatic ring is 1. The Bertz CT molecular complexity index is 317. The smallest absolute Gasteiger partial charge is 0.134 e. The van der Waals surface area contributed by atoms with Gasteiger partial charge in [-0.05, 0) is 48.0 Å². The normalized spacial score (nSPS) is 12.5. The number of hydrogen-bond donors (Lipinski definition) is 1. The van der Waals surface area contributed by atoms with Gasteiger partial charge in [0, 0.05) is 12.3 Å². The third kappa shape index (κ3) is 4.10. The van der Waals surface area contributed by atoms with E-state index in [1.165, 1.54) is 0 Å². The Balaban J connectivity index is 2.56. The summed E-state index contributed by atoms with van der Waals surface area (Å²) < 4.78 is 11.8. The van der Waals surface area contributed by atoms with Crippen LogP contribution in [0.3, 0.4) is 0 Å². The van der Waals surface area contributed by atoms with Crippen molar-refractivity contribution in [1.82, 2.24) is 0 Å². The van der Waals surface area contributed by atoms with Crippen molar-refractivity contribution in [3.05, 3.63) is 22.7 Å². The highest BCUT2D eigenvalue weighted by Crippen LogP contribution is 2.27. The first-order valence-electron chi connectivity index (χ1n) is 4.93. The average molecular weight is 274 g/mol. The SMILES string of the molecule is CCOCC(C)Oc1ccc(N)cc1Br. The van der Waals surface area contributed by atoms with Gasteiger partial charge in [-0.1, -0.05) is 0 Å². The number of benzene rings is 1. The summed E-state index contributed by atoms with van der Waals surface area (Å²) in [5, 5.41) is 0. The molecule has 0 aromatic heterocycles. The molecular weight excluding hydrogens is 258 g/mol. The Morgan fingerprint density at radius 2 is 2.20 bits per heavy atom. The number of rotatable bonds is 5. The number of anilines is 1. The molecule has 0 heterocycles. The van der Waals surface area contributed by atoms with E-state index in [9.17, 15) is 0 Å². The average Bonchev–Trinajstić information content (AvgIpc) is 2.19. The highest BCUT2D eigenvalue weighted by atomic mass is 79.9. The summed E-state index contributed by atoms with van der Waals surface area (Å²) in [5.41, 5.74) is 6.34. The van der Waals surface area contributed by atoms with Crippen molar-refractivity contribution in [3.8, 4) is 5.75 Å². The molecule has 0 radical (unpaired) electrons. The van der Waals surface area contributed by atoms with E-state index in [4.69, 9.17) is 15.2 Å². The molecule has 1 aromatic rings. The summed E-state index contributed by atoms with van der Waals surface area (Å²) in [7, 11) is 0. The Labute approximate surface area is 98.7 Å². The maximum Gasteiger partial charge on any atom is 0.134 e. The molecule has 2 N–H and O–H groups in total. The molecule has 0 saturated heterocycles. The summed E-state index contributed by atoms with van der Waals surface area (Å²) in [6.45, 7) is 5.23. The molecular formula is C11H16BrNO2. The Kier molecular flexibility index (Phi) is 4.91. The molecule has 1 rings (SSSR count). The molecule has 4 heteroatoms. The van der Waals surface area contributed by atoms with Gasteiger partial charge in [-0.2, -0.15) is 0 Å². The zero-order valence-electron chi connectivity index (χ0n) is 9.00. The first-order valence-corrected chi connectivity index (χ1v) is 5.72. The monoisotopic (exact) mass is 273 g/mol. The van der Waals surface area contributed by atoms with Crippen LogP contribution in [0.15, 0.2) is 22.7 Å². The molecule has 0 aliphatic rings. The van der Waals surface area contributed by atoms with Crippen LogP contribution in [0.1, 0.15) is 13.8 Å². The lowest BCUT2D eigenvalue weighted by Gasteiger charge is -2.15. The van der Waals surface area contributed by atoms with Gasteiger partial charge >= 0.3 is 0 Å². The van der Waals surface area contributed by atoms with E-state index in [-0.39, 0.29) is 6.10 Å². The topological polar surface area (TPSA) is 44.5 Å². The fraction of sp³-hybridized carbons (Fsp3) is 0.455. The Morgan fingerprint density at radius 3 is 2.80 bits per heavy atom. The molecule has 1 atom stereocenters. The van der Waals surface area contributed by atoms with Crippen molar-refractivity contribution < 1.29 is 9.47 Å². The van der Waals surface area contributed by atoms with E-state index in [2.05, 4.69) is 15.9 Å². The molecule has 84 valence electrons. The molecule has 0 saturated carbocycles. The minimum absolute atomic E-state index is 0.0323. The maximum atomic E-state index is 5.67. The van der Waals surface area contributed by atoms with Crippen LogP contribution >= 0.6 is 15.9 Å². The third-order valence-corrected chi connectivity index (χ3v) is 2.46. The lowest BCUT2D eigenvalue weighted by atomic mass is 10.3. The van der Waals surface area contributed by atoms with E-state index in [1.54, 1.807) is 0 Å². The van der Waals surface area contributed by atoms with Gasteiger partial charge in [-0.15, -0.1) is 0 Å². The van der Waals surface area contributed by atoms with Gasteiger partial charge in [-0.3, -0.25) is 0 Å². The summed E-state index contributed by atoms with van der Waals surface area (Å²) in [6.07, 6.45) is 0.0323. The van der Waals surface area contributed by atoms with Crippen LogP contribution in [-0.4, -0.2) is 19.3 Å². The third-order valence-electron chi connectivity index (χ3n) is 1.84. The second kappa shape index (κ2) is 5.98. The fourth-order valence-electron chi connectivity index (χ4n) is 1.15. The van der Waals surface area contributed by atoms with Gasteiger partial charge in [0.15, 0.2) is 0 Å². The molecule has 0 spiro atoms. The van der Waals surface area contributed by atoms with Gasteiger partial charge in [0.1, 0.15) is 11.9 Å². The van der Waals surface area contributed by atoms with E-state index in [0.29, 0.717) is 18.9 Å². The first kappa shape index (κ1) is 12.3. The van der Waals surface area contributed by atoms with E-state index >= 15 is 0 Å². The standard InChI is InChI=1S/C11H16BrNO2/c1-3-14-7-8(2)15-11-5-4-9(13)6-10(11)12/h4-6,8H,3,7,13H2,1-2H3. The first-order chi connectivity index (χ1) is 7.13. The van der Waals surface area contributed by atoms with Crippen molar-refractivity contribution in [1.29, 1.82) is 0 Å². The number of hydrogen-bond acceptors (Lipinski definition) is 3. The van der Waals surface area contributed by atoms with Crippen molar-refractivity contribution in [3.63, 3.8) is 0 Å². The van der Waals surface area contributed by atoms with Gasteiger partial charge in [-0.25, -0.2) is 0 Å². The quantitative estimate of drug-likeness (QED) is 0.840. The maximum absolute atomic E-state index is 5.67. The molecule has 0 aliphatic carbocycles. The predicted molar refractivity (Wildman–Crippen MR) is 65.1 cm³/mol. The van der Waals surface area contributed by atoms with Crippen LogP contribution in [-0.2, 0) is 4.74 Å². The Hall–Kier alpha value is -0.740. The van der Waals surface area contributed by atoms with Crippen molar-refractivity contribution >= 4 is 21.6 Å². The van der Waals surface area contributed by atoms with E-state index in [1.807, 2.05) is 32.0 Å². The predicted octanol–water partition coefficient (Wildman–Crippen LogP) is 2.84. The summed E-state index contributed by atoms with van der Waals surface area (Å²) in [6, 6.07) is 5.48. The molecule has 1 aromatic carbocycles.